The van der Waals surface area contributed by atoms with Crippen molar-refractivity contribution < 1.29 is 14.6 Å². The summed E-state index contributed by atoms with van der Waals surface area (Å²) < 4.78 is 8.92. The van der Waals surface area contributed by atoms with E-state index in [-0.39, 0.29) is 10.8 Å². The van der Waals surface area contributed by atoms with Crippen LogP contribution in [0.4, 0.5) is 0 Å². The molecule has 0 spiro atoms. The Morgan fingerprint density at radius 1 is 1.19 bits per heavy atom. The van der Waals surface area contributed by atoms with E-state index < -0.39 is 12.0 Å². The van der Waals surface area contributed by atoms with Crippen LogP contribution in [0.25, 0.3) is 21.3 Å². The fraction of sp³-hybridized carbons (Fsp3) is 0.440. The van der Waals surface area contributed by atoms with E-state index in [1.54, 1.807) is 11.6 Å². The van der Waals surface area contributed by atoms with Crippen LogP contribution in [0.3, 0.4) is 0 Å². The lowest BCUT2D eigenvalue weighted by molar-refractivity contribution is -0.139. The average Bonchev–Trinajstić information content (AvgIpc) is 3.53. The quantitative estimate of drug-likeness (QED) is 0.581. The first-order chi connectivity index (χ1) is 15.5. The van der Waals surface area contributed by atoms with Gasteiger partial charge < -0.3 is 19.7 Å². The minimum absolute atomic E-state index is 0.0185. The summed E-state index contributed by atoms with van der Waals surface area (Å²) in [7, 11) is 1.79. The molecule has 2 unspecified atom stereocenters. The Hall–Kier alpha value is -2.64. The number of carbonyl (C=O) groups is 1. The number of carboxylic acid groups (broad SMARTS) is 1. The SMILES string of the molecule is Cn1c(=O)sc2cc(-c3cc(C4CCNC4C(=O)O)ccc3OCC3CCCC3)ccc21. The number of fused-ring (bicyclic) bond motifs is 1. The zero-order chi connectivity index (χ0) is 22.2. The van der Waals surface area contributed by atoms with Gasteiger partial charge in [-0.2, -0.15) is 0 Å². The molecule has 1 saturated carbocycles. The summed E-state index contributed by atoms with van der Waals surface area (Å²) >= 11 is 1.24. The lowest BCUT2D eigenvalue weighted by Gasteiger charge is -2.20. The van der Waals surface area contributed by atoms with Gasteiger partial charge in [0.15, 0.2) is 0 Å². The Morgan fingerprint density at radius 3 is 2.78 bits per heavy atom. The van der Waals surface area contributed by atoms with Crippen LogP contribution in [0.5, 0.6) is 5.75 Å². The Balaban J connectivity index is 1.55. The van der Waals surface area contributed by atoms with Crippen LogP contribution in [0.15, 0.2) is 41.2 Å². The third kappa shape index (κ3) is 3.95. The number of hydrogen-bond acceptors (Lipinski definition) is 5. The Labute approximate surface area is 190 Å². The zero-order valence-electron chi connectivity index (χ0n) is 18.2. The molecule has 2 aliphatic rings. The fourth-order valence-electron chi connectivity index (χ4n) is 5.14. The van der Waals surface area contributed by atoms with E-state index in [0.29, 0.717) is 19.1 Å². The van der Waals surface area contributed by atoms with Crippen molar-refractivity contribution in [3.05, 3.63) is 51.6 Å². The second kappa shape index (κ2) is 8.71. The molecule has 2 fully saturated rings. The second-order valence-electron chi connectivity index (χ2n) is 8.99. The number of aryl methyl sites for hydroxylation is 1. The first kappa shape index (κ1) is 21.2. The van der Waals surface area contributed by atoms with Crippen LogP contribution in [-0.2, 0) is 11.8 Å². The number of carboxylic acids is 1. The molecule has 6 nitrogen and oxygen atoms in total. The topological polar surface area (TPSA) is 80.6 Å². The first-order valence-corrected chi connectivity index (χ1v) is 12.2. The van der Waals surface area contributed by atoms with E-state index in [2.05, 4.69) is 11.4 Å². The number of rotatable bonds is 6. The van der Waals surface area contributed by atoms with Gasteiger partial charge in [-0.25, -0.2) is 0 Å². The van der Waals surface area contributed by atoms with Crippen molar-refractivity contribution >= 4 is 27.5 Å². The molecule has 1 aliphatic heterocycles. The molecule has 3 aromatic rings. The molecule has 168 valence electrons. The van der Waals surface area contributed by atoms with Crippen molar-refractivity contribution in [3.8, 4) is 16.9 Å². The maximum absolute atomic E-state index is 12.1. The molecule has 2 atom stereocenters. The average molecular weight is 453 g/mol. The lowest BCUT2D eigenvalue weighted by atomic mass is 9.89. The van der Waals surface area contributed by atoms with E-state index >= 15 is 0 Å². The van der Waals surface area contributed by atoms with Gasteiger partial charge in [0.2, 0.25) is 0 Å². The fourth-order valence-corrected chi connectivity index (χ4v) is 6.06. The number of nitrogens with zero attached hydrogens (tertiary/aromatic N) is 1. The van der Waals surface area contributed by atoms with Gasteiger partial charge in [0.05, 0.1) is 16.8 Å². The maximum Gasteiger partial charge on any atom is 0.321 e. The monoisotopic (exact) mass is 452 g/mol. The van der Waals surface area contributed by atoms with Crippen LogP contribution >= 0.6 is 11.3 Å². The number of nitrogens with one attached hydrogen (secondary N) is 1. The molecule has 1 saturated heterocycles. The number of aliphatic carboxylic acids is 1. The molecule has 2 heterocycles. The van der Waals surface area contributed by atoms with Crippen molar-refractivity contribution in [2.24, 2.45) is 13.0 Å². The predicted molar refractivity (Wildman–Crippen MR) is 127 cm³/mol. The summed E-state index contributed by atoms with van der Waals surface area (Å²) in [5.74, 6) is 0.527. The van der Waals surface area contributed by atoms with Gasteiger partial charge >= 0.3 is 10.8 Å². The molecule has 1 aliphatic carbocycles. The molecule has 32 heavy (non-hydrogen) atoms. The molecular formula is C25H28N2O4S. The summed E-state index contributed by atoms with van der Waals surface area (Å²) in [4.78, 5) is 23.9. The molecule has 0 radical (unpaired) electrons. The normalized spacial score (nSPS) is 21.4. The van der Waals surface area contributed by atoms with Crippen LogP contribution in [0.1, 0.15) is 43.6 Å². The molecule has 2 aromatic carbocycles. The molecule has 5 rings (SSSR count). The van der Waals surface area contributed by atoms with E-state index in [9.17, 15) is 14.7 Å². The highest BCUT2D eigenvalue weighted by molar-refractivity contribution is 7.16. The number of thiazole rings is 1. The first-order valence-electron chi connectivity index (χ1n) is 11.3. The Morgan fingerprint density at radius 2 is 2.00 bits per heavy atom. The van der Waals surface area contributed by atoms with Gasteiger partial charge in [-0.05, 0) is 67.1 Å². The summed E-state index contributed by atoms with van der Waals surface area (Å²) in [6.45, 7) is 1.40. The van der Waals surface area contributed by atoms with Gasteiger partial charge in [-0.3, -0.25) is 9.59 Å². The molecule has 0 bridgehead atoms. The number of ether oxygens (including phenoxy) is 1. The molecule has 2 N–H and O–H groups in total. The van der Waals surface area contributed by atoms with Crippen molar-refractivity contribution in [3.63, 3.8) is 0 Å². The number of aromatic nitrogens is 1. The summed E-state index contributed by atoms with van der Waals surface area (Å²) in [5, 5.41) is 12.7. The van der Waals surface area contributed by atoms with Gasteiger partial charge in [0, 0.05) is 18.5 Å². The zero-order valence-corrected chi connectivity index (χ0v) is 19.0. The largest absolute Gasteiger partial charge is 0.493 e. The van der Waals surface area contributed by atoms with Crippen LogP contribution in [-0.4, -0.2) is 34.8 Å². The third-order valence-corrected chi connectivity index (χ3v) is 7.97. The van der Waals surface area contributed by atoms with E-state index in [0.717, 1.165) is 39.1 Å². The maximum atomic E-state index is 12.1. The molecular weight excluding hydrogens is 424 g/mol. The highest BCUT2D eigenvalue weighted by Crippen LogP contribution is 2.38. The second-order valence-corrected chi connectivity index (χ2v) is 9.98. The molecule has 0 amide bonds. The third-order valence-electron chi connectivity index (χ3n) is 6.97. The predicted octanol–water partition coefficient (Wildman–Crippen LogP) is 4.37. The van der Waals surface area contributed by atoms with Crippen molar-refractivity contribution in [2.45, 2.75) is 44.1 Å². The highest BCUT2D eigenvalue weighted by atomic mass is 32.1. The smallest absolute Gasteiger partial charge is 0.321 e. The van der Waals surface area contributed by atoms with Gasteiger partial charge in [0.25, 0.3) is 0 Å². The highest BCUT2D eigenvalue weighted by Gasteiger charge is 2.34. The van der Waals surface area contributed by atoms with Crippen molar-refractivity contribution in [2.75, 3.05) is 13.2 Å². The number of benzene rings is 2. The molecule has 7 heteroatoms. The van der Waals surface area contributed by atoms with Crippen LogP contribution in [0, 0.1) is 5.92 Å². The number of hydrogen-bond donors (Lipinski definition) is 2. The summed E-state index contributed by atoms with van der Waals surface area (Å²) in [6.07, 6.45) is 5.76. The lowest BCUT2D eigenvalue weighted by Crippen LogP contribution is -2.34. The summed E-state index contributed by atoms with van der Waals surface area (Å²) in [5.41, 5.74) is 3.87. The van der Waals surface area contributed by atoms with Crippen LogP contribution < -0.4 is 14.9 Å². The van der Waals surface area contributed by atoms with E-state index in [1.165, 1.54) is 37.0 Å². The summed E-state index contributed by atoms with van der Waals surface area (Å²) in [6, 6.07) is 11.6. The van der Waals surface area contributed by atoms with Crippen molar-refractivity contribution in [1.29, 1.82) is 0 Å². The van der Waals surface area contributed by atoms with E-state index in [4.69, 9.17) is 4.74 Å². The Kier molecular flexibility index (Phi) is 5.78. The Bertz CT molecular complexity index is 1210. The van der Waals surface area contributed by atoms with Gasteiger partial charge in [0.1, 0.15) is 11.8 Å². The molecule has 1 aromatic heterocycles. The standard InChI is InChI=1S/C25H28N2O4S/c1-27-20-8-6-17(13-22(20)32-25(27)30)19-12-16(18-10-11-26-23(18)24(28)29)7-9-21(19)31-14-15-4-2-3-5-15/h6-9,12-13,15,18,23,26H,2-5,10-11,14H2,1H3,(H,28,29). The van der Waals surface area contributed by atoms with Gasteiger partial charge in [-0.1, -0.05) is 36.3 Å². The van der Waals surface area contributed by atoms with Crippen molar-refractivity contribution in [1.82, 2.24) is 9.88 Å². The van der Waals surface area contributed by atoms with Crippen LogP contribution in [0.2, 0.25) is 0 Å². The minimum Gasteiger partial charge on any atom is -0.493 e. The van der Waals surface area contributed by atoms with Gasteiger partial charge in [-0.15, -0.1) is 0 Å². The van der Waals surface area contributed by atoms with E-state index in [1.807, 2.05) is 30.3 Å². The minimum atomic E-state index is -0.814.